The Morgan fingerprint density at radius 3 is 2.77 bits per heavy atom. The van der Waals surface area contributed by atoms with Crippen molar-refractivity contribution in [2.45, 2.75) is 13.5 Å². The summed E-state index contributed by atoms with van der Waals surface area (Å²) in [7, 11) is 0. The fourth-order valence-electron chi connectivity index (χ4n) is 2.31. The van der Waals surface area contributed by atoms with E-state index in [4.69, 9.17) is 4.74 Å². The predicted molar refractivity (Wildman–Crippen MR) is 84.9 cm³/mol. The van der Waals surface area contributed by atoms with Crippen LogP contribution in [0.25, 0.3) is 0 Å². The summed E-state index contributed by atoms with van der Waals surface area (Å²) in [6, 6.07) is 10.1. The Balaban J connectivity index is 1.93. The van der Waals surface area contributed by atoms with Crippen molar-refractivity contribution in [3.63, 3.8) is 0 Å². The summed E-state index contributed by atoms with van der Waals surface area (Å²) >= 11 is 3.21. The van der Waals surface area contributed by atoms with Crippen LogP contribution in [0.2, 0.25) is 0 Å². The molecule has 112 valence electrons. The van der Waals surface area contributed by atoms with E-state index < -0.39 is 0 Å². The topological polar surface area (TPSA) is 29.5 Å². The average molecular weight is 362 g/mol. The van der Waals surface area contributed by atoms with E-state index in [-0.39, 0.29) is 24.2 Å². The maximum absolute atomic E-state index is 14.0. The number of rotatable bonds is 2. The molecule has 0 aromatic heterocycles. The van der Waals surface area contributed by atoms with Crippen molar-refractivity contribution in [1.29, 1.82) is 0 Å². The first-order chi connectivity index (χ1) is 10.5. The Labute approximate surface area is 136 Å². The summed E-state index contributed by atoms with van der Waals surface area (Å²) in [4.78, 5) is 13.9. The van der Waals surface area contributed by atoms with Gasteiger partial charge in [-0.1, -0.05) is 28.1 Å². The lowest BCUT2D eigenvalue weighted by molar-refractivity contribution is 0.0682. The summed E-state index contributed by atoms with van der Waals surface area (Å²) in [6.07, 6.45) is 0. The molecule has 2 aromatic carbocycles. The second kappa shape index (κ2) is 5.57. The molecule has 2 aromatic rings. The molecule has 1 aliphatic rings. The highest BCUT2D eigenvalue weighted by Crippen LogP contribution is 2.31. The molecule has 22 heavy (non-hydrogen) atoms. The highest BCUT2D eigenvalue weighted by Gasteiger charge is 2.29. The average Bonchev–Trinajstić information content (AvgIpc) is 2.45. The molecule has 5 heteroatoms. The number of hydrogen-bond acceptors (Lipinski definition) is 2. The summed E-state index contributed by atoms with van der Waals surface area (Å²) in [5, 5.41) is 0. The SMILES string of the molecule is C=C1Oc2cc(C)ccc2C(=O)N1Cc1ccc(Br)cc1F. The highest BCUT2D eigenvalue weighted by atomic mass is 79.9. The molecule has 0 radical (unpaired) electrons. The summed E-state index contributed by atoms with van der Waals surface area (Å²) in [5.41, 5.74) is 1.85. The number of carbonyl (C=O) groups is 1. The van der Waals surface area contributed by atoms with E-state index in [0.29, 0.717) is 21.3 Å². The number of amides is 1. The quantitative estimate of drug-likeness (QED) is 0.793. The zero-order chi connectivity index (χ0) is 15.9. The molecule has 3 nitrogen and oxygen atoms in total. The van der Waals surface area contributed by atoms with Gasteiger partial charge in [-0.3, -0.25) is 9.69 Å². The fraction of sp³-hybridized carbons (Fsp3) is 0.118. The van der Waals surface area contributed by atoms with E-state index in [1.807, 2.05) is 13.0 Å². The minimum Gasteiger partial charge on any atom is -0.441 e. The number of fused-ring (bicyclic) bond motifs is 1. The zero-order valence-corrected chi connectivity index (χ0v) is 13.5. The molecule has 3 rings (SSSR count). The number of benzene rings is 2. The van der Waals surface area contributed by atoms with Gasteiger partial charge in [0.15, 0.2) is 5.88 Å². The van der Waals surface area contributed by atoms with Gasteiger partial charge in [-0.15, -0.1) is 0 Å². The standard InChI is InChI=1S/C17H13BrFNO2/c1-10-3-6-14-16(7-10)22-11(2)20(17(14)21)9-12-4-5-13(18)8-15(12)19/h3-8H,2,9H2,1H3. The van der Waals surface area contributed by atoms with Crippen molar-refractivity contribution in [1.82, 2.24) is 4.90 Å². The summed E-state index contributed by atoms with van der Waals surface area (Å²) in [6.45, 7) is 5.76. The molecule has 0 spiro atoms. The van der Waals surface area contributed by atoms with Gasteiger partial charge in [0.2, 0.25) is 0 Å². The number of hydrogen-bond donors (Lipinski definition) is 0. The molecule has 0 saturated heterocycles. The minimum atomic E-state index is -0.385. The van der Waals surface area contributed by atoms with Gasteiger partial charge in [-0.2, -0.15) is 0 Å². The van der Waals surface area contributed by atoms with E-state index in [2.05, 4.69) is 22.5 Å². The smallest absolute Gasteiger partial charge is 0.264 e. The van der Waals surface area contributed by atoms with E-state index in [1.54, 1.807) is 24.3 Å². The first kappa shape index (κ1) is 14.8. The molecule has 0 N–H and O–H groups in total. The number of carbonyl (C=O) groups excluding carboxylic acids is 1. The predicted octanol–water partition coefficient (Wildman–Crippen LogP) is 4.40. The third-order valence-corrected chi connectivity index (χ3v) is 3.98. The number of nitrogens with zero attached hydrogens (tertiary/aromatic N) is 1. The largest absolute Gasteiger partial charge is 0.441 e. The summed E-state index contributed by atoms with van der Waals surface area (Å²) < 4.78 is 20.2. The maximum atomic E-state index is 14.0. The van der Waals surface area contributed by atoms with Gasteiger partial charge in [-0.25, -0.2) is 4.39 Å². The molecule has 0 bridgehead atoms. The zero-order valence-electron chi connectivity index (χ0n) is 11.9. The van der Waals surface area contributed by atoms with Crippen LogP contribution in [0.15, 0.2) is 53.3 Å². The Kier molecular flexibility index (Phi) is 3.74. The van der Waals surface area contributed by atoms with E-state index >= 15 is 0 Å². The molecule has 0 aliphatic carbocycles. The van der Waals surface area contributed by atoms with Crippen LogP contribution in [0.3, 0.4) is 0 Å². The fourth-order valence-corrected chi connectivity index (χ4v) is 2.64. The monoisotopic (exact) mass is 361 g/mol. The maximum Gasteiger partial charge on any atom is 0.264 e. The van der Waals surface area contributed by atoms with Crippen LogP contribution in [0.4, 0.5) is 4.39 Å². The van der Waals surface area contributed by atoms with Gasteiger partial charge in [-0.05, 0) is 43.3 Å². The van der Waals surface area contributed by atoms with E-state index in [0.717, 1.165) is 5.56 Å². The van der Waals surface area contributed by atoms with Crippen LogP contribution in [0, 0.1) is 12.7 Å². The molecule has 0 atom stereocenters. The van der Waals surface area contributed by atoms with Crippen LogP contribution in [-0.2, 0) is 6.54 Å². The summed E-state index contributed by atoms with van der Waals surface area (Å²) in [5.74, 6) is 0.0613. The Morgan fingerprint density at radius 1 is 1.27 bits per heavy atom. The molecule has 1 heterocycles. The van der Waals surface area contributed by atoms with Crippen LogP contribution < -0.4 is 4.74 Å². The molecular weight excluding hydrogens is 349 g/mol. The molecule has 0 fully saturated rings. The van der Waals surface area contributed by atoms with Gasteiger partial charge in [0.25, 0.3) is 5.91 Å². The second-order valence-corrected chi connectivity index (χ2v) is 6.04. The van der Waals surface area contributed by atoms with Crippen LogP contribution >= 0.6 is 15.9 Å². The Bertz CT molecular complexity index is 788. The highest BCUT2D eigenvalue weighted by molar-refractivity contribution is 9.10. The first-order valence-corrected chi connectivity index (χ1v) is 7.48. The Morgan fingerprint density at radius 2 is 2.05 bits per heavy atom. The van der Waals surface area contributed by atoms with Crippen molar-refractivity contribution in [2.24, 2.45) is 0 Å². The molecule has 1 aliphatic heterocycles. The van der Waals surface area contributed by atoms with Gasteiger partial charge in [0.05, 0.1) is 12.1 Å². The van der Waals surface area contributed by atoms with Crippen molar-refractivity contribution in [3.8, 4) is 5.75 Å². The lowest BCUT2D eigenvalue weighted by atomic mass is 10.1. The van der Waals surface area contributed by atoms with Crippen molar-refractivity contribution in [2.75, 3.05) is 0 Å². The van der Waals surface area contributed by atoms with Gasteiger partial charge < -0.3 is 4.74 Å². The molecule has 0 unspecified atom stereocenters. The number of aryl methyl sites for hydroxylation is 1. The molecule has 1 amide bonds. The third kappa shape index (κ3) is 2.64. The van der Waals surface area contributed by atoms with Gasteiger partial charge >= 0.3 is 0 Å². The van der Waals surface area contributed by atoms with Crippen molar-refractivity contribution < 1.29 is 13.9 Å². The number of ether oxygens (including phenoxy) is 1. The van der Waals surface area contributed by atoms with Crippen LogP contribution in [-0.4, -0.2) is 10.8 Å². The van der Waals surface area contributed by atoms with E-state index in [1.165, 1.54) is 11.0 Å². The van der Waals surface area contributed by atoms with Crippen LogP contribution in [0.5, 0.6) is 5.75 Å². The van der Waals surface area contributed by atoms with E-state index in [9.17, 15) is 9.18 Å². The molecule has 0 saturated carbocycles. The van der Waals surface area contributed by atoms with Crippen LogP contribution in [0.1, 0.15) is 21.5 Å². The lowest BCUT2D eigenvalue weighted by Gasteiger charge is -2.30. The lowest BCUT2D eigenvalue weighted by Crippen LogP contribution is -2.36. The number of halogens is 2. The van der Waals surface area contributed by atoms with Crippen molar-refractivity contribution in [3.05, 3.63) is 75.8 Å². The normalized spacial score (nSPS) is 13.9. The third-order valence-electron chi connectivity index (χ3n) is 3.49. The van der Waals surface area contributed by atoms with Gasteiger partial charge in [0, 0.05) is 10.0 Å². The Hall–Kier alpha value is -2.14. The first-order valence-electron chi connectivity index (χ1n) is 6.69. The molecular formula is C17H13BrFNO2. The van der Waals surface area contributed by atoms with Gasteiger partial charge in [0.1, 0.15) is 11.6 Å². The van der Waals surface area contributed by atoms with Crippen molar-refractivity contribution >= 4 is 21.8 Å². The second-order valence-electron chi connectivity index (χ2n) is 5.12. The minimum absolute atomic E-state index is 0.0735.